The molecule has 4 heteroatoms. The molecule has 0 aromatic heterocycles. The van der Waals surface area contributed by atoms with E-state index in [9.17, 15) is 0 Å². The van der Waals surface area contributed by atoms with Gasteiger partial charge in [0, 0.05) is 18.2 Å². The molecule has 1 aromatic rings. The van der Waals surface area contributed by atoms with Crippen molar-refractivity contribution in [2.45, 2.75) is 32.7 Å². The van der Waals surface area contributed by atoms with E-state index in [-0.39, 0.29) is 0 Å². The van der Waals surface area contributed by atoms with Crippen molar-refractivity contribution in [3.63, 3.8) is 0 Å². The monoisotopic (exact) mass is 238 g/mol. The Morgan fingerprint density at radius 2 is 1.82 bits per heavy atom. The minimum atomic E-state index is 0.389. The standard InChI is InChI=1S/C13H22N2O2/c1-5-6-9(2)15-11-8-13(17-4)12(16-3)7-10(11)14/h7-9,15H,5-6,14H2,1-4H3. The lowest BCUT2D eigenvalue weighted by Gasteiger charge is -2.18. The second-order valence-electron chi connectivity index (χ2n) is 4.13. The van der Waals surface area contributed by atoms with Crippen LogP contribution in [0.2, 0.25) is 0 Å². The third-order valence-electron chi connectivity index (χ3n) is 2.68. The normalized spacial score (nSPS) is 12.0. The lowest BCUT2D eigenvalue weighted by molar-refractivity contribution is 0.355. The number of nitrogens with two attached hydrogens (primary N) is 1. The smallest absolute Gasteiger partial charge is 0.162 e. The fourth-order valence-electron chi connectivity index (χ4n) is 1.79. The number of anilines is 2. The number of ether oxygens (including phenoxy) is 2. The van der Waals surface area contributed by atoms with Crippen LogP contribution in [0.15, 0.2) is 12.1 Å². The molecule has 0 amide bonds. The van der Waals surface area contributed by atoms with Gasteiger partial charge in [-0.05, 0) is 13.3 Å². The highest BCUT2D eigenvalue weighted by Crippen LogP contribution is 2.35. The Morgan fingerprint density at radius 1 is 1.24 bits per heavy atom. The maximum Gasteiger partial charge on any atom is 0.162 e. The molecule has 0 aliphatic rings. The zero-order valence-electron chi connectivity index (χ0n) is 11.0. The zero-order valence-corrected chi connectivity index (χ0v) is 11.0. The molecule has 96 valence electrons. The average Bonchev–Trinajstić information content (AvgIpc) is 2.31. The van der Waals surface area contributed by atoms with E-state index < -0.39 is 0 Å². The highest BCUT2D eigenvalue weighted by Gasteiger charge is 2.10. The summed E-state index contributed by atoms with van der Waals surface area (Å²) in [6.07, 6.45) is 2.25. The Balaban J connectivity index is 2.92. The van der Waals surface area contributed by atoms with Crippen molar-refractivity contribution in [1.29, 1.82) is 0 Å². The minimum absolute atomic E-state index is 0.389. The van der Waals surface area contributed by atoms with E-state index in [1.54, 1.807) is 20.3 Å². The van der Waals surface area contributed by atoms with Gasteiger partial charge in [0.1, 0.15) is 0 Å². The second-order valence-corrected chi connectivity index (χ2v) is 4.13. The van der Waals surface area contributed by atoms with Gasteiger partial charge in [0.2, 0.25) is 0 Å². The number of nitrogens with one attached hydrogen (secondary N) is 1. The Labute approximate surface area is 103 Å². The van der Waals surface area contributed by atoms with Crippen LogP contribution in [0.3, 0.4) is 0 Å². The van der Waals surface area contributed by atoms with Gasteiger partial charge < -0.3 is 20.5 Å². The maximum atomic E-state index is 5.97. The lowest BCUT2D eigenvalue weighted by Crippen LogP contribution is -2.15. The van der Waals surface area contributed by atoms with E-state index in [2.05, 4.69) is 19.2 Å². The first-order valence-electron chi connectivity index (χ1n) is 5.90. The van der Waals surface area contributed by atoms with Gasteiger partial charge >= 0.3 is 0 Å². The van der Waals surface area contributed by atoms with Gasteiger partial charge in [0.15, 0.2) is 11.5 Å². The molecule has 0 fully saturated rings. The van der Waals surface area contributed by atoms with E-state index in [0.717, 1.165) is 18.5 Å². The largest absolute Gasteiger partial charge is 0.493 e. The fraction of sp³-hybridized carbons (Fsp3) is 0.538. The van der Waals surface area contributed by atoms with Crippen LogP contribution in [0, 0.1) is 0 Å². The van der Waals surface area contributed by atoms with Crippen LogP contribution in [0.4, 0.5) is 11.4 Å². The summed E-state index contributed by atoms with van der Waals surface area (Å²) in [5.74, 6) is 1.34. The fourth-order valence-corrected chi connectivity index (χ4v) is 1.79. The Hall–Kier alpha value is -1.58. The highest BCUT2D eigenvalue weighted by molar-refractivity contribution is 5.72. The summed E-state index contributed by atoms with van der Waals surface area (Å²) >= 11 is 0. The summed E-state index contributed by atoms with van der Waals surface area (Å²) in [6.45, 7) is 4.30. The summed E-state index contributed by atoms with van der Waals surface area (Å²) in [5, 5.41) is 3.38. The molecule has 3 N–H and O–H groups in total. The van der Waals surface area contributed by atoms with Gasteiger partial charge in [0.25, 0.3) is 0 Å². The number of benzene rings is 1. The number of hydrogen-bond acceptors (Lipinski definition) is 4. The zero-order chi connectivity index (χ0) is 12.8. The van der Waals surface area contributed by atoms with Crippen molar-refractivity contribution < 1.29 is 9.47 Å². The molecule has 1 atom stereocenters. The van der Waals surface area contributed by atoms with E-state index in [1.807, 2.05) is 6.07 Å². The molecule has 0 aliphatic carbocycles. The van der Waals surface area contributed by atoms with Crippen LogP contribution >= 0.6 is 0 Å². The Kier molecular flexibility index (Phi) is 4.94. The summed E-state index contributed by atoms with van der Waals surface area (Å²) in [5.41, 5.74) is 7.53. The van der Waals surface area contributed by atoms with Gasteiger partial charge in [-0.3, -0.25) is 0 Å². The van der Waals surface area contributed by atoms with Crippen LogP contribution in [-0.4, -0.2) is 20.3 Å². The molecular formula is C13H22N2O2. The van der Waals surface area contributed by atoms with Gasteiger partial charge in [-0.15, -0.1) is 0 Å². The minimum Gasteiger partial charge on any atom is -0.493 e. The maximum absolute atomic E-state index is 5.97. The van der Waals surface area contributed by atoms with Gasteiger partial charge in [-0.2, -0.15) is 0 Å². The summed E-state index contributed by atoms with van der Waals surface area (Å²) in [4.78, 5) is 0. The molecule has 4 nitrogen and oxygen atoms in total. The van der Waals surface area contributed by atoms with Crippen molar-refractivity contribution in [3.8, 4) is 11.5 Å². The molecule has 0 spiro atoms. The number of methoxy groups -OCH3 is 2. The topological polar surface area (TPSA) is 56.5 Å². The van der Waals surface area contributed by atoms with Crippen molar-refractivity contribution in [1.82, 2.24) is 0 Å². The average molecular weight is 238 g/mol. The number of hydrogen-bond donors (Lipinski definition) is 2. The van der Waals surface area contributed by atoms with Crippen molar-refractivity contribution in [3.05, 3.63) is 12.1 Å². The van der Waals surface area contributed by atoms with Crippen LogP contribution in [0.25, 0.3) is 0 Å². The van der Waals surface area contributed by atoms with Gasteiger partial charge in [0.05, 0.1) is 25.6 Å². The molecule has 1 unspecified atom stereocenters. The molecule has 0 heterocycles. The first-order valence-corrected chi connectivity index (χ1v) is 5.90. The van der Waals surface area contributed by atoms with E-state index in [1.165, 1.54) is 0 Å². The Morgan fingerprint density at radius 3 is 2.35 bits per heavy atom. The van der Waals surface area contributed by atoms with Crippen molar-refractivity contribution >= 4 is 11.4 Å². The predicted octanol–water partition coefficient (Wildman–Crippen LogP) is 2.89. The molecule has 0 bridgehead atoms. The van der Waals surface area contributed by atoms with Crippen LogP contribution in [0.5, 0.6) is 11.5 Å². The number of nitrogen functional groups attached to an aromatic ring is 1. The molecular weight excluding hydrogens is 216 g/mol. The number of rotatable bonds is 6. The lowest BCUT2D eigenvalue weighted by atomic mass is 10.1. The van der Waals surface area contributed by atoms with E-state index >= 15 is 0 Å². The third-order valence-corrected chi connectivity index (χ3v) is 2.68. The van der Waals surface area contributed by atoms with Gasteiger partial charge in [-0.25, -0.2) is 0 Å². The summed E-state index contributed by atoms with van der Waals surface area (Å²) < 4.78 is 10.4. The van der Waals surface area contributed by atoms with Gasteiger partial charge in [-0.1, -0.05) is 13.3 Å². The summed E-state index contributed by atoms with van der Waals surface area (Å²) in [6, 6.07) is 4.04. The second kappa shape index (κ2) is 6.23. The molecule has 0 aliphatic heterocycles. The third kappa shape index (κ3) is 3.44. The van der Waals surface area contributed by atoms with Crippen LogP contribution in [0.1, 0.15) is 26.7 Å². The summed E-state index contributed by atoms with van der Waals surface area (Å²) in [7, 11) is 3.22. The molecule has 0 radical (unpaired) electrons. The molecule has 1 rings (SSSR count). The quantitative estimate of drug-likeness (QED) is 0.748. The first kappa shape index (κ1) is 13.5. The van der Waals surface area contributed by atoms with Crippen LogP contribution < -0.4 is 20.5 Å². The highest BCUT2D eigenvalue weighted by atomic mass is 16.5. The molecule has 0 saturated heterocycles. The molecule has 0 saturated carbocycles. The van der Waals surface area contributed by atoms with E-state index in [4.69, 9.17) is 15.2 Å². The predicted molar refractivity (Wildman–Crippen MR) is 72.0 cm³/mol. The Bertz CT molecular complexity index is 367. The first-order chi connectivity index (χ1) is 8.12. The van der Waals surface area contributed by atoms with Crippen LogP contribution in [-0.2, 0) is 0 Å². The SMILES string of the molecule is CCCC(C)Nc1cc(OC)c(OC)cc1N. The molecule has 1 aromatic carbocycles. The van der Waals surface area contributed by atoms with Crippen molar-refractivity contribution in [2.75, 3.05) is 25.3 Å². The van der Waals surface area contributed by atoms with E-state index in [0.29, 0.717) is 23.2 Å². The molecule has 17 heavy (non-hydrogen) atoms. The van der Waals surface area contributed by atoms with Crippen molar-refractivity contribution in [2.24, 2.45) is 0 Å².